The number of carboxylic acids is 1. The quantitative estimate of drug-likeness (QED) is 0.772. The van der Waals surface area contributed by atoms with Crippen LogP contribution in [0, 0.1) is 6.92 Å². The molecule has 6 heteroatoms. The van der Waals surface area contributed by atoms with Crippen LogP contribution in [0.25, 0.3) is 5.65 Å². The predicted molar refractivity (Wildman–Crippen MR) is 90.7 cm³/mol. The van der Waals surface area contributed by atoms with Gasteiger partial charge in [-0.05, 0) is 37.1 Å². The van der Waals surface area contributed by atoms with Crippen LogP contribution in [0.5, 0.6) is 0 Å². The average molecular weight is 323 g/mol. The maximum absolute atomic E-state index is 12.8. The SMILES string of the molecule is CCc1nc2c(C)cccn2c1C(=O)Nc1ccccc1C(=O)O. The second-order valence-electron chi connectivity index (χ2n) is 5.45. The number of anilines is 1. The van der Waals surface area contributed by atoms with Crippen LogP contribution in [-0.4, -0.2) is 26.4 Å². The zero-order chi connectivity index (χ0) is 17.3. The summed E-state index contributed by atoms with van der Waals surface area (Å²) in [6, 6.07) is 10.1. The third kappa shape index (κ3) is 2.62. The molecule has 2 N–H and O–H groups in total. The van der Waals surface area contributed by atoms with Gasteiger partial charge in [0.2, 0.25) is 0 Å². The molecule has 0 aliphatic carbocycles. The molecular weight excluding hydrogens is 306 g/mol. The summed E-state index contributed by atoms with van der Waals surface area (Å²) in [7, 11) is 0. The van der Waals surface area contributed by atoms with Gasteiger partial charge >= 0.3 is 5.97 Å². The van der Waals surface area contributed by atoms with E-state index in [1.807, 2.05) is 26.0 Å². The number of benzene rings is 1. The lowest BCUT2D eigenvalue weighted by Crippen LogP contribution is -2.18. The molecule has 0 atom stereocenters. The molecule has 24 heavy (non-hydrogen) atoms. The molecule has 2 heterocycles. The minimum atomic E-state index is -1.09. The lowest BCUT2D eigenvalue weighted by Gasteiger charge is -2.09. The molecule has 0 fully saturated rings. The first-order chi connectivity index (χ1) is 11.5. The molecule has 2 aromatic heterocycles. The van der Waals surface area contributed by atoms with Crippen molar-refractivity contribution in [2.75, 3.05) is 5.32 Å². The fourth-order valence-corrected chi connectivity index (χ4v) is 2.70. The summed E-state index contributed by atoms with van der Waals surface area (Å²) in [5.74, 6) is -1.46. The molecule has 0 bridgehead atoms. The Morgan fingerprint density at radius 1 is 1.21 bits per heavy atom. The summed E-state index contributed by atoms with van der Waals surface area (Å²) >= 11 is 0. The fourth-order valence-electron chi connectivity index (χ4n) is 2.70. The van der Waals surface area contributed by atoms with Crippen molar-refractivity contribution >= 4 is 23.2 Å². The van der Waals surface area contributed by atoms with Crippen LogP contribution in [0.3, 0.4) is 0 Å². The minimum Gasteiger partial charge on any atom is -0.478 e. The van der Waals surface area contributed by atoms with Crippen LogP contribution in [-0.2, 0) is 6.42 Å². The van der Waals surface area contributed by atoms with Crippen molar-refractivity contribution in [2.45, 2.75) is 20.3 Å². The molecule has 0 radical (unpaired) electrons. The zero-order valence-electron chi connectivity index (χ0n) is 13.4. The van der Waals surface area contributed by atoms with Gasteiger partial charge in [-0.3, -0.25) is 9.20 Å². The predicted octanol–water partition coefficient (Wildman–Crippen LogP) is 3.16. The molecular formula is C18H17N3O3. The van der Waals surface area contributed by atoms with Gasteiger partial charge in [-0.1, -0.05) is 25.1 Å². The number of aryl methyl sites for hydroxylation is 2. The van der Waals surface area contributed by atoms with Crippen LogP contribution in [0.15, 0.2) is 42.6 Å². The van der Waals surface area contributed by atoms with Gasteiger partial charge in [-0.25, -0.2) is 9.78 Å². The summed E-state index contributed by atoms with van der Waals surface area (Å²) in [5.41, 5.74) is 3.11. The fraction of sp³-hybridized carbons (Fsp3) is 0.167. The van der Waals surface area contributed by atoms with E-state index in [1.165, 1.54) is 6.07 Å². The molecule has 1 amide bonds. The number of rotatable bonds is 4. The van der Waals surface area contributed by atoms with Gasteiger partial charge in [0, 0.05) is 6.20 Å². The Labute approximate surface area is 138 Å². The van der Waals surface area contributed by atoms with Crippen molar-refractivity contribution in [3.05, 3.63) is 65.1 Å². The monoisotopic (exact) mass is 323 g/mol. The summed E-state index contributed by atoms with van der Waals surface area (Å²) in [4.78, 5) is 28.6. The number of hydrogen-bond donors (Lipinski definition) is 2. The Kier molecular flexibility index (Phi) is 4.04. The molecule has 0 saturated carbocycles. The number of nitrogens with one attached hydrogen (secondary N) is 1. The van der Waals surface area contributed by atoms with E-state index in [2.05, 4.69) is 10.3 Å². The number of hydrogen-bond acceptors (Lipinski definition) is 3. The van der Waals surface area contributed by atoms with Gasteiger partial charge in [0.1, 0.15) is 11.3 Å². The number of carbonyl (C=O) groups is 2. The number of amides is 1. The first kappa shape index (κ1) is 15.7. The van der Waals surface area contributed by atoms with Gasteiger partial charge in [0.15, 0.2) is 0 Å². The Morgan fingerprint density at radius 3 is 2.67 bits per heavy atom. The largest absolute Gasteiger partial charge is 0.478 e. The first-order valence-corrected chi connectivity index (χ1v) is 7.63. The lowest BCUT2D eigenvalue weighted by atomic mass is 10.1. The first-order valence-electron chi connectivity index (χ1n) is 7.63. The van der Waals surface area contributed by atoms with Crippen molar-refractivity contribution in [1.29, 1.82) is 0 Å². The van der Waals surface area contributed by atoms with Gasteiger partial charge in [-0.2, -0.15) is 0 Å². The highest BCUT2D eigenvalue weighted by molar-refractivity contribution is 6.07. The Bertz CT molecular complexity index is 944. The van der Waals surface area contributed by atoms with Crippen LogP contribution >= 0.6 is 0 Å². The normalized spacial score (nSPS) is 10.8. The van der Waals surface area contributed by atoms with Crippen molar-refractivity contribution in [3.8, 4) is 0 Å². The number of carboxylic acid groups (broad SMARTS) is 1. The number of aromatic nitrogens is 2. The molecule has 0 spiro atoms. The standard InChI is InChI=1S/C18H17N3O3/c1-3-13-15(21-10-6-7-11(2)16(21)19-13)17(22)20-14-9-5-4-8-12(14)18(23)24/h4-10H,3H2,1-2H3,(H,20,22)(H,23,24). The van der Waals surface area contributed by atoms with E-state index in [0.29, 0.717) is 17.8 Å². The van der Waals surface area contributed by atoms with Crippen molar-refractivity contribution in [1.82, 2.24) is 9.38 Å². The highest BCUT2D eigenvalue weighted by Gasteiger charge is 2.20. The van der Waals surface area contributed by atoms with Crippen LogP contribution < -0.4 is 5.32 Å². The smallest absolute Gasteiger partial charge is 0.337 e. The number of para-hydroxylation sites is 1. The van der Waals surface area contributed by atoms with Gasteiger partial charge in [-0.15, -0.1) is 0 Å². The Hall–Kier alpha value is -3.15. The summed E-state index contributed by atoms with van der Waals surface area (Å²) in [6.07, 6.45) is 2.39. The molecule has 0 unspecified atom stereocenters. The highest BCUT2D eigenvalue weighted by atomic mass is 16.4. The second kappa shape index (κ2) is 6.16. The van der Waals surface area contributed by atoms with Crippen LogP contribution in [0.1, 0.15) is 39.0 Å². The minimum absolute atomic E-state index is 0.0499. The van der Waals surface area contributed by atoms with Crippen molar-refractivity contribution in [2.24, 2.45) is 0 Å². The van der Waals surface area contributed by atoms with E-state index in [1.54, 1.807) is 28.8 Å². The molecule has 1 aromatic carbocycles. The highest BCUT2D eigenvalue weighted by Crippen LogP contribution is 2.20. The topological polar surface area (TPSA) is 83.7 Å². The third-order valence-electron chi connectivity index (χ3n) is 3.87. The van der Waals surface area contributed by atoms with E-state index in [9.17, 15) is 14.7 Å². The number of nitrogens with zero attached hydrogens (tertiary/aromatic N) is 2. The molecule has 0 aliphatic rings. The third-order valence-corrected chi connectivity index (χ3v) is 3.87. The summed E-state index contributed by atoms with van der Waals surface area (Å²) in [5, 5.41) is 11.9. The maximum Gasteiger partial charge on any atom is 0.337 e. The maximum atomic E-state index is 12.8. The Balaban J connectivity index is 2.07. The van der Waals surface area contributed by atoms with E-state index in [-0.39, 0.29) is 17.2 Å². The van der Waals surface area contributed by atoms with E-state index in [0.717, 1.165) is 11.2 Å². The molecule has 122 valence electrons. The Morgan fingerprint density at radius 2 is 1.96 bits per heavy atom. The van der Waals surface area contributed by atoms with Crippen molar-refractivity contribution < 1.29 is 14.7 Å². The molecule has 6 nitrogen and oxygen atoms in total. The van der Waals surface area contributed by atoms with E-state index >= 15 is 0 Å². The van der Waals surface area contributed by atoms with Gasteiger partial charge < -0.3 is 10.4 Å². The lowest BCUT2D eigenvalue weighted by molar-refractivity contribution is 0.0698. The van der Waals surface area contributed by atoms with Gasteiger partial charge in [0.05, 0.1) is 16.9 Å². The van der Waals surface area contributed by atoms with Crippen LogP contribution in [0.4, 0.5) is 5.69 Å². The molecule has 0 aliphatic heterocycles. The second-order valence-corrected chi connectivity index (χ2v) is 5.45. The van der Waals surface area contributed by atoms with Crippen molar-refractivity contribution in [3.63, 3.8) is 0 Å². The zero-order valence-corrected chi connectivity index (χ0v) is 13.4. The number of imidazole rings is 1. The average Bonchev–Trinajstić information content (AvgIpc) is 2.95. The summed E-state index contributed by atoms with van der Waals surface area (Å²) < 4.78 is 1.74. The summed E-state index contributed by atoms with van der Waals surface area (Å²) in [6.45, 7) is 3.86. The van der Waals surface area contributed by atoms with E-state index in [4.69, 9.17) is 0 Å². The number of aromatic carboxylic acids is 1. The number of pyridine rings is 1. The van der Waals surface area contributed by atoms with Crippen LogP contribution in [0.2, 0.25) is 0 Å². The number of carbonyl (C=O) groups excluding carboxylic acids is 1. The molecule has 3 aromatic rings. The van der Waals surface area contributed by atoms with E-state index < -0.39 is 5.97 Å². The molecule has 0 saturated heterocycles. The van der Waals surface area contributed by atoms with Gasteiger partial charge in [0.25, 0.3) is 5.91 Å². The molecule has 3 rings (SSSR count). The number of fused-ring (bicyclic) bond motifs is 1.